The Bertz CT molecular complexity index is 373. The highest BCUT2D eigenvalue weighted by Gasteiger charge is 2.06. The van der Waals surface area contributed by atoms with Gasteiger partial charge in [0.05, 0.1) is 6.61 Å². The molecule has 3 heteroatoms. The summed E-state index contributed by atoms with van der Waals surface area (Å²) in [7, 11) is 0. The first kappa shape index (κ1) is 17.1. The molecule has 0 heterocycles. The number of hydrogen-bond donors (Lipinski definition) is 1. The number of ether oxygens (including phenoxy) is 1. The van der Waals surface area contributed by atoms with Crippen molar-refractivity contribution in [1.29, 1.82) is 0 Å². The van der Waals surface area contributed by atoms with Crippen LogP contribution in [-0.4, -0.2) is 18.7 Å². The Morgan fingerprint density at radius 2 is 1.75 bits per heavy atom. The van der Waals surface area contributed by atoms with E-state index in [0.717, 1.165) is 13.0 Å². The molecule has 1 rings (SSSR count). The predicted molar refractivity (Wildman–Crippen MR) is 82.3 cm³/mol. The van der Waals surface area contributed by atoms with Crippen LogP contribution >= 0.6 is 0 Å². The minimum atomic E-state index is -0.180. The summed E-state index contributed by atoms with van der Waals surface area (Å²) >= 11 is 0. The molecule has 0 spiro atoms. The Balaban J connectivity index is 1.94. The Morgan fingerprint density at radius 1 is 1.05 bits per heavy atom. The van der Waals surface area contributed by atoms with Crippen molar-refractivity contribution in [3.8, 4) is 0 Å². The molecule has 0 amide bonds. The molecule has 1 aromatic carbocycles. The Kier molecular flexibility index (Phi) is 7.78. The minimum absolute atomic E-state index is 0.180. The van der Waals surface area contributed by atoms with Crippen LogP contribution in [0, 0.1) is 5.82 Å². The molecule has 20 heavy (non-hydrogen) atoms. The van der Waals surface area contributed by atoms with Crippen molar-refractivity contribution in [2.75, 3.05) is 13.2 Å². The quantitative estimate of drug-likeness (QED) is 0.682. The zero-order valence-corrected chi connectivity index (χ0v) is 13.0. The SMILES string of the molecule is CC(C)(C)NCCCCCCOCc1ccccc1F. The molecule has 0 aliphatic rings. The van der Waals surface area contributed by atoms with Gasteiger partial charge in [0, 0.05) is 17.7 Å². The summed E-state index contributed by atoms with van der Waals surface area (Å²) in [6.45, 7) is 8.70. The number of benzene rings is 1. The number of hydrogen-bond acceptors (Lipinski definition) is 2. The van der Waals surface area contributed by atoms with Crippen molar-refractivity contribution in [1.82, 2.24) is 5.32 Å². The van der Waals surface area contributed by atoms with Gasteiger partial charge in [0.2, 0.25) is 0 Å². The molecule has 2 nitrogen and oxygen atoms in total. The van der Waals surface area contributed by atoms with Crippen LogP contribution in [-0.2, 0) is 11.3 Å². The first-order chi connectivity index (χ1) is 9.49. The van der Waals surface area contributed by atoms with Gasteiger partial charge < -0.3 is 10.1 Å². The first-order valence-corrected chi connectivity index (χ1v) is 7.55. The molecule has 0 aromatic heterocycles. The molecule has 0 saturated carbocycles. The summed E-state index contributed by atoms with van der Waals surface area (Å²) in [5.41, 5.74) is 0.852. The molecule has 1 N–H and O–H groups in total. The van der Waals surface area contributed by atoms with Crippen molar-refractivity contribution in [3.63, 3.8) is 0 Å². The van der Waals surface area contributed by atoms with Crippen molar-refractivity contribution in [2.45, 2.75) is 58.6 Å². The molecule has 0 unspecified atom stereocenters. The van der Waals surface area contributed by atoms with Gasteiger partial charge in [-0.1, -0.05) is 31.0 Å². The maximum absolute atomic E-state index is 13.3. The zero-order chi connectivity index (χ0) is 14.8. The lowest BCUT2D eigenvalue weighted by Crippen LogP contribution is -2.36. The maximum Gasteiger partial charge on any atom is 0.128 e. The lowest BCUT2D eigenvalue weighted by molar-refractivity contribution is 0.114. The van der Waals surface area contributed by atoms with Gasteiger partial charge in [-0.3, -0.25) is 0 Å². The normalized spacial score (nSPS) is 11.8. The first-order valence-electron chi connectivity index (χ1n) is 7.55. The second-order valence-corrected chi connectivity index (χ2v) is 6.23. The van der Waals surface area contributed by atoms with Gasteiger partial charge >= 0.3 is 0 Å². The minimum Gasteiger partial charge on any atom is -0.377 e. The van der Waals surface area contributed by atoms with Crippen molar-refractivity contribution in [3.05, 3.63) is 35.6 Å². The molecule has 0 saturated heterocycles. The number of rotatable bonds is 9. The van der Waals surface area contributed by atoms with E-state index >= 15 is 0 Å². The molecule has 0 radical (unpaired) electrons. The van der Waals surface area contributed by atoms with Crippen LogP contribution < -0.4 is 5.32 Å². The Morgan fingerprint density at radius 3 is 2.45 bits per heavy atom. The van der Waals surface area contributed by atoms with E-state index < -0.39 is 0 Å². The average Bonchev–Trinajstić information content (AvgIpc) is 2.37. The lowest BCUT2D eigenvalue weighted by Gasteiger charge is -2.20. The third-order valence-electron chi connectivity index (χ3n) is 3.09. The molecule has 1 aromatic rings. The smallest absolute Gasteiger partial charge is 0.128 e. The van der Waals surface area contributed by atoms with E-state index in [0.29, 0.717) is 18.8 Å². The lowest BCUT2D eigenvalue weighted by atomic mass is 10.1. The summed E-state index contributed by atoms with van der Waals surface area (Å²) < 4.78 is 18.8. The fraction of sp³-hybridized carbons (Fsp3) is 0.647. The van der Waals surface area contributed by atoms with Gasteiger partial charge in [-0.05, 0) is 46.2 Å². The Labute approximate surface area is 122 Å². The summed E-state index contributed by atoms with van der Waals surface area (Å²) in [5, 5.41) is 3.48. The standard InChI is InChI=1S/C17H28FNO/c1-17(2,3)19-12-8-4-5-9-13-20-14-15-10-6-7-11-16(15)18/h6-7,10-11,19H,4-5,8-9,12-14H2,1-3H3. The molecule has 0 bridgehead atoms. The highest BCUT2D eigenvalue weighted by Crippen LogP contribution is 2.08. The van der Waals surface area contributed by atoms with Crippen LogP contribution in [0.3, 0.4) is 0 Å². The van der Waals surface area contributed by atoms with Crippen LogP contribution in [0.25, 0.3) is 0 Å². The van der Waals surface area contributed by atoms with E-state index in [1.807, 2.05) is 6.07 Å². The molecule has 0 atom stereocenters. The molecule has 0 fully saturated rings. The van der Waals surface area contributed by atoms with Crippen LogP contribution in [0.4, 0.5) is 4.39 Å². The molecule has 0 aliphatic heterocycles. The van der Waals surface area contributed by atoms with Gasteiger partial charge in [0.25, 0.3) is 0 Å². The number of halogens is 1. The maximum atomic E-state index is 13.3. The predicted octanol–water partition coefficient (Wildman–Crippen LogP) is 4.29. The van der Waals surface area contributed by atoms with E-state index in [2.05, 4.69) is 26.1 Å². The fourth-order valence-corrected chi connectivity index (χ4v) is 1.94. The van der Waals surface area contributed by atoms with Gasteiger partial charge in [0.15, 0.2) is 0 Å². The zero-order valence-electron chi connectivity index (χ0n) is 13.0. The van der Waals surface area contributed by atoms with Crippen LogP contribution in [0.2, 0.25) is 0 Å². The van der Waals surface area contributed by atoms with Gasteiger partial charge in [-0.2, -0.15) is 0 Å². The summed E-state index contributed by atoms with van der Waals surface area (Å²) in [6.07, 6.45) is 4.63. The Hall–Kier alpha value is -0.930. The van der Waals surface area contributed by atoms with Crippen molar-refractivity contribution < 1.29 is 9.13 Å². The molecular formula is C17H28FNO. The van der Waals surface area contributed by atoms with Crippen molar-refractivity contribution >= 4 is 0 Å². The molecular weight excluding hydrogens is 253 g/mol. The van der Waals surface area contributed by atoms with E-state index in [9.17, 15) is 4.39 Å². The second-order valence-electron chi connectivity index (χ2n) is 6.23. The third-order valence-corrected chi connectivity index (χ3v) is 3.09. The highest BCUT2D eigenvalue weighted by atomic mass is 19.1. The topological polar surface area (TPSA) is 21.3 Å². The monoisotopic (exact) mass is 281 g/mol. The van der Waals surface area contributed by atoms with Crippen molar-refractivity contribution in [2.24, 2.45) is 0 Å². The summed E-state index contributed by atoms with van der Waals surface area (Å²) in [5.74, 6) is -0.180. The largest absolute Gasteiger partial charge is 0.377 e. The third kappa shape index (κ3) is 8.28. The second kappa shape index (κ2) is 9.09. The highest BCUT2D eigenvalue weighted by molar-refractivity contribution is 5.16. The van der Waals surface area contributed by atoms with E-state index in [-0.39, 0.29) is 11.4 Å². The van der Waals surface area contributed by atoms with E-state index in [1.54, 1.807) is 12.1 Å². The fourth-order valence-electron chi connectivity index (χ4n) is 1.94. The average molecular weight is 281 g/mol. The van der Waals surface area contributed by atoms with E-state index in [1.165, 1.54) is 25.3 Å². The van der Waals surface area contributed by atoms with Gasteiger partial charge in [-0.25, -0.2) is 4.39 Å². The molecule has 114 valence electrons. The summed E-state index contributed by atoms with van der Waals surface area (Å²) in [6, 6.07) is 6.78. The van der Waals surface area contributed by atoms with Crippen LogP contribution in [0.15, 0.2) is 24.3 Å². The van der Waals surface area contributed by atoms with E-state index in [4.69, 9.17) is 4.74 Å². The number of unbranched alkanes of at least 4 members (excludes halogenated alkanes) is 3. The van der Waals surface area contributed by atoms with Crippen LogP contribution in [0.5, 0.6) is 0 Å². The summed E-state index contributed by atoms with van der Waals surface area (Å²) in [4.78, 5) is 0. The van der Waals surface area contributed by atoms with Gasteiger partial charge in [0.1, 0.15) is 5.82 Å². The molecule has 0 aliphatic carbocycles. The van der Waals surface area contributed by atoms with Gasteiger partial charge in [-0.15, -0.1) is 0 Å². The number of nitrogens with one attached hydrogen (secondary N) is 1. The van der Waals surface area contributed by atoms with Crippen LogP contribution in [0.1, 0.15) is 52.0 Å².